The molecule has 1 amide bonds. The van der Waals surface area contributed by atoms with E-state index in [1.54, 1.807) is 0 Å². The predicted octanol–water partition coefficient (Wildman–Crippen LogP) is 2.36. The molecule has 1 atom stereocenters. The minimum Gasteiger partial charge on any atom is -0.346 e. The number of carbonyl (C=O) groups excluding carboxylic acids is 1. The SMILES string of the molecule is C=CC(=O)NC(C)c1ccccc1C. The smallest absolute Gasteiger partial charge is 0.243 e. The van der Waals surface area contributed by atoms with Crippen LogP contribution < -0.4 is 5.32 Å². The van der Waals surface area contributed by atoms with Crippen LogP contribution in [0.25, 0.3) is 0 Å². The largest absolute Gasteiger partial charge is 0.346 e. The lowest BCUT2D eigenvalue weighted by molar-refractivity contribution is -0.117. The van der Waals surface area contributed by atoms with E-state index in [0.29, 0.717) is 0 Å². The summed E-state index contributed by atoms with van der Waals surface area (Å²) in [6, 6.07) is 8.04. The summed E-state index contributed by atoms with van der Waals surface area (Å²) in [6.45, 7) is 7.41. The maximum Gasteiger partial charge on any atom is 0.243 e. The quantitative estimate of drug-likeness (QED) is 0.726. The van der Waals surface area contributed by atoms with Crippen LogP contribution in [-0.4, -0.2) is 5.91 Å². The van der Waals surface area contributed by atoms with Gasteiger partial charge in [-0.15, -0.1) is 0 Å². The zero-order valence-electron chi connectivity index (χ0n) is 8.58. The molecule has 1 unspecified atom stereocenters. The molecule has 1 rings (SSSR count). The van der Waals surface area contributed by atoms with Crippen molar-refractivity contribution < 1.29 is 4.79 Å². The van der Waals surface area contributed by atoms with Gasteiger partial charge in [0.2, 0.25) is 5.91 Å². The highest BCUT2D eigenvalue weighted by atomic mass is 16.1. The van der Waals surface area contributed by atoms with E-state index in [1.807, 2.05) is 38.1 Å². The van der Waals surface area contributed by atoms with Crippen LogP contribution in [0.2, 0.25) is 0 Å². The first-order chi connectivity index (χ1) is 6.65. The number of rotatable bonds is 3. The molecule has 0 aliphatic heterocycles. The lowest BCUT2D eigenvalue weighted by Gasteiger charge is -2.15. The second-order valence-corrected chi connectivity index (χ2v) is 3.29. The van der Waals surface area contributed by atoms with E-state index in [9.17, 15) is 4.79 Å². The number of amides is 1. The Kier molecular flexibility index (Phi) is 3.46. The van der Waals surface area contributed by atoms with Crippen molar-refractivity contribution >= 4 is 5.91 Å². The highest BCUT2D eigenvalue weighted by Crippen LogP contribution is 2.16. The Morgan fingerprint density at radius 3 is 2.71 bits per heavy atom. The molecule has 1 aromatic rings. The summed E-state index contributed by atoms with van der Waals surface area (Å²) < 4.78 is 0. The van der Waals surface area contributed by atoms with Gasteiger partial charge in [-0.1, -0.05) is 30.8 Å². The van der Waals surface area contributed by atoms with Crippen LogP contribution in [0.1, 0.15) is 24.1 Å². The minimum absolute atomic E-state index is 0.0294. The van der Waals surface area contributed by atoms with Crippen LogP contribution in [0.15, 0.2) is 36.9 Å². The van der Waals surface area contributed by atoms with Crippen LogP contribution in [0.3, 0.4) is 0 Å². The van der Waals surface area contributed by atoms with Crippen LogP contribution >= 0.6 is 0 Å². The van der Waals surface area contributed by atoms with Gasteiger partial charge in [0.25, 0.3) is 0 Å². The van der Waals surface area contributed by atoms with E-state index < -0.39 is 0 Å². The van der Waals surface area contributed by atoms with E-state index in [-0.39, 0.29) is 11.9 Å². The maximum absolute atomic E-state index is 11.1. The second-order valence-electron chi connectivity index (χ2n) is 3.29. The first kappa shape index (κ1) is 10.5. The lowest BCUT2D eigenvalue weighted by atomic mass is 10.0. The van der Waals surface area contributed by atoms with Gasteiger partial charge in [0.05, 0.1) is 6.04 Å². The fourth-order valence-electron chi connectivity index (χ4n) is 1.42. The van der Waals surface area contributed by atoms with Gasteiger partial charge in [0, 0.05) is 0 Å². The molecular weight excluding hydrogens is 174 g/mol. The van der Waals surface area contributed by atoms with E-state index >= 15 is 0 Å². The average Bonchev–Trinajstić information content (AvgIpc) is 2.18. The zero-order valence-corrected chi connectivity index (χ0v) is 8.58. The highest BCUT2D eigenvalue weighted by molar-refractivity contribution is 5.87. The molecule has 0 saturated heterocycles. The third kappa shape index (κ3) is 2.46. The van der Waals surface area contributed by atoms with Crippen molar-refractivity contribution in [3.05, 3.63) is 48.0 Å². The maximum atomic E-state index is 11.1. The number of carbonyl (C=O) groups is 1. The standard InChI is InChI=1S/C12H15NO/c1-4-12(14)13-10(3)11-8-6-5-7-9(11)2/h4-8,10H,1H2,2-3H3,(H,13,14). The van der Waals surface area contributed by atoms with Gasteiger partial charge in [0.15, 0.2) is 0 Å². The second kappa shape index (κ2) is 4.61. The number of hydrogen-bond donors (Lipinski definition) is 1. The van der Waals surface area contributed by atoms with Gasteiger partial charge in [-0.2, -0.15) is 0 Å². The Bertz CT molecular complexity index is 344. The lowest BCUT2D eigenvalue weighted by Crippen LogP contribution is -2.24. The Balaban J connectivity index is 2.79. The zero-order chi connectivity index (χ0) is 10.6. The molecule has 0 saturated carbocycles. The fourth-order valence-corrected chi connectivity index (χ4v) is 1.42. The topological polar surface area (TPSA) is 29.1 Å². The number of aryl methyl sites for hydroxylation is 1. The first-order valence-corrected chi connectivity index (χ1v) is 4.63. The van der Waals surface area contributed by atoms with Gasteiger partial charge in [-0.25, -0.2) is 0 Å². The van der Waals surface area contributed by atoms with Gasteiger partial charge in [0.1, 0.15) is 0 Å². The summed E-state index contributed by atoms with van der Waals surface area (Å²) in [5.74, 6) is -0.138. The third-order valence-corrected chi connectivity index (χ3v) is 2.20. The molecule has 2 nitrogen and oxygen atoms in total. The van der Waals surface area contributed by atoms with Gasteiger partial charge in [-0.3, -0.25) is 4.79 Å². The van der Waals surface area contributed by atoms with Crippen molar-refractivity contribution in [3.63, 3.8) is 0 Å². The van der Waals surface area contributed by atoms with Gasteiger partial charge < -0.3 is 5.32 Å². The van der Waals surface area contributed by atoms with Crippen LogP contribution in [-0.2, 0) is 4.79 Å². The summed E-state index contributed by atoms with van der Waals surface area (Å²) in [4.78, 5) is 11.1. The Hall–Kier alpha value is -1.57. The molecule has 0 aromatic heterocycles. The highest BCUT2D eigenvalue weighted by Gasteiger charge is 2.08. The van der Waals surface area contributed by atoms with E-state index in [1.165, 1.54) is 11.6 Å². The van der Waals surface area contributed by atoms with Crippen LogP contribution in [0.4, 0.5) is 0 Å². The molecule has 14 heavy (non-hydrogen) atoms. The van der Waals surface area contributed by atoms with Crippen molar-refractivity contribution in [2.75, 3.05) is 0 Å². The molecule has 1 aromatic carbocycles. The summed E-state index contributed by atoms with van der Waals surface area (Å²) in [7, 11) is 0. The van der Waals surface area contributed by atoms with E-state index in [2.05, 4.69) is 11.9 Å². The minimum atomic E-state index is -0.138. The Morgan fingerprint density at radius 1 is 1.50 bits per heavy atom. The Morgan fingerprint density at radius 2 is 2.14 bits per heavy atom. The van der Waals surface area contributed by atoms with Crippen LogP contribution in [0, 0.1) is 6.92 Å². The van der Waals surface area contributed by atoms with E-state index in [4.69, 9.17) is 0 Å². The van der Waals surface area contributed by atoms with Crippen molar-refractivity contribution in [1.82, 2.24) is 5.32 Å². The number of nitrogens with one attached hydrogen (secondary N) is 1. The predicted molar refractivity (Wildman–Crippen MR) is 57.9 cm³/mol. The van der Waals surface area contributed by atoms with Crippen molar-refractivity contribution in [2.45, 2.75) is 19.9 Å². The molecular formula is C12H15NO. The molecule has 0 aliphatic rings. The van der Waals surface area contributed by atoms with Crippen molar-refractivity contribution in [1.29, 1.82) is 0 Å². The fraction of sp³-hybridized carbons (Fsp3) is 0.250. The molecule has 0 fully saturated rings. The first-order valence-electron chi connectivity index (χ1n) is 4.63. The van der Waals surface area contributed by atoms with Crippen molar-refractivity contribution in [3.8, 4) is 0 Å². The molecule has 0 aliphatic carbocycles. The van der Waals surface area contributed by atoms with Crippen molar-refractivity contribution in [2.24, 2.45) is 0 Å². The monoisotopic (exact) mass is 189 g/mol. The number of hydrogen-bond acceptors (Lipinski definition) is 1. The summed E-state index contributed by atoms with van der Waals surface area (Å²) in [6.07, 6.45) is 1.29. The third-order valence-electron chi connectivity index (χ3n) is 2.20. The molecule has 0 heterocycles. The molecule has 0 radical (unpaired) electrons. The van der Waals surface area contributed by atoms with Gasteiger partial charge >= 0.3 is 0 Å². The molecule has 1 N–H and O–H groups in total. The normalized spacial score (nSPS) is 11.9. The summed E-state index contributed by atoms with van der Waals surface area (Å²) in [5.41, 5.74) is 2.33. The summed E-state index contributed by atoms with van der Waals surface area (Å²) in [5, 5.41) is 2.83. The Labute approximate surface area is 84.6 Å². The van der Waals surface area contributed by atoms with Crippen LogP contribution in [0.5, 0.6) is 0 Å². The molecule has 0 spiro atoms. The van der Waals surface area contributed by atoms with E-state index in [0.717, 1.165) is 5.56 Å². The average molecular weight is 189 g/mol. The molecule has 2 heteroatoms. The number of benzene rings is 1. The molecule has 74 valence electrons. The summed E-state index contributed by atoms with van der Waals surface area (Å²) >= 11 is 0. The molecule has 0 bridgehead atoms. The van der Waals surface area contributed by atoms with Gasteiger partial charge in [-0.05, 0) is 31.1 Å².